The maximum Gasteiger partial charge on any atom is 0.275 e. The molecule has 136 valence electrons. The number of nitrogens with zero attached hydrogens (tertiary/aromatic N) is 3. The van der Waals surface area contributed by atoms with Crippen molar-refractivity contribution in [3.05, 3.63) is 23.5 Å². The largest absolute Gasteiger partial charge is 0.394 e. The van der Waals surface area contributed by atoms with Crippen LogP contribution in [0, 0.1) is 18.3 Å². The van der Waals surface area contributed by atoms with Crippen molar-refractivity contribution in [2.24, 2.45) is 11.0 Å². The molecular formula is C16H21F2N5O2. The monoisotopic (exact) mass is 353 g/mol. The molecule has 9 heteroatoms. The van der Waals surface area contributed by atoms with Crippen LogP contribution in [-0.4, -0.2) is 58.4 Å². The number of aliphatic hydroxyl groups excluding tert-OH is 1. The normalized spacial score (nSPS) is 22.8. The summed E-state index contributed by atoms with van der Waals surface area (Å²) in [6.45, 7) is 2.10. The van der Waals surface area contributed by atoms with Gasteiger partial charge in [-0.05, 0) is 25.0 Å². The summed E-state index contributed by atoms with van der Waals surface area (Å²) in [6.07, 6.45) is 1.74. The molecular weight excluding hydrogens is 332 g/mol. The second kappa shape index (κ2) is 7.64. The Morgan fingerprint density at radius 1 is 1.60 bits per heavy atom. The summed E-state index contributed by atoms with van der Waals surface area (Å²) in [7, 11) is 0. The van der Waals surface area contributed by atoms with Crippen LogP contribution < -0.4 is 5.43 Å². The summed E-state index contributed by atoms with van der Waals surface area (Å²) in [4.78, 5) is 18.0. The number of piperidine rings is 1. The number of nitrogens with one attached hydrogen (secondary N) is 2. The van der Waals surface area contributed by atoms with Gasteiger partial charge in [0, 0.05) is 18.3 Å². The van der Waals surface area contributed by atoms with Crippen LogP contribution in [0.4, 0.5) is 14.5 Å². The minimum atomic E-state index is -3.02. The lowest BCUT2D eigenvalue weighted by Crippen LogP contribution is -2.56. The van der Waals surface area contributed by atoms with E-state index >= 15 is 0 Å². The number of alkyl halides is 2. The number of hydrazone groups is 1. The minimum Gasteiger partial charge on any atom is -0.394 e. The number of anilines is 1. The van der Waals surface area contributed by atoms with Gasteiger partial charge >= 0.3 is 0 Å². The smallest absolute Gasteiger partial charge is 0.275 e. The molecule has 25 heavy (non-hydrogen) atoms. The van der Waals surface area contributed by atoms with Crippen molar-refractivity contribution < 1.29 is 18.7 Å². The summed E-state index contributed by atoms with van der Waals surface area (Å²) in [6, 6.07) is 2.51. The van der Waals surface area contributed by atoms with Gasteiger partial charge in [-0.3, -0.25) is 10.2 Å². The number of aromatic nitrogens is 1. The second-order valence-electron chi connectivity index (χ2n) is 6.13. The first-order valence-electron chi connectivity index (χ1n) is 7.84. The lowest BCUT2D eigenvalue weighted by molar-refractivity contribution is -0.0992. The first-order valence-corrected chi connectivity index (χ1v) is 7.84. The van der Waals surface area contributed by atoms with E-state index in [0.717, 1.165) is 11.1 Å². The fraction of sp³-hybridized carbons (Fsp3) is 0.500. The summed E-state index contributed by atoms with van der Waals surface area (Å²) in [5, 5.41) is 20.2. The highest BCUT2D eigenvalue weighted by molar-refractivity contribution is 6.14. The molecule has 2 heterocycles. The Bertz CT molecular complexity index is 680. The van der Waals surface area contributed by atoms with Crippen molar-refractivity contribution in [3.63, 3.8) is 0 Å². The fourth-order valence-corrected chi connectivity index (χ4v) is 2.94. The molecule has 0 radical (unpaired) electrons. The summed E-state index contributed by atoms with van der Waals surface area (Å²) < 4.78 is 27.9. The molecule has 0 unspecified atom stereocenters. The van der Waals surface area contributed by atoms with E-state index in [1.165, 1.54) is 6.21 Å². The number of hydrogen-bond acceptors (Lipinski definition) is 6. The number of hydrogen-bond donors (Lipinski definition) is 3. The number of carbonyl (C=O) groups excluding carboxylic acids is 1. The van der Waals surface area contributed by atoms with Crippen LogP contribution in [0.1, 0.15) is 29.5 Å². The van der Waals surface area contributed by atoms with Crippen LogP contribution in [-0.2, 0) is 0 Å². The van der Waals surface area contributed by atoms with Crippen LogP contribution >= 0.6 is 0 Å². The highest BCUT2D eigenvalue weighted by atomic mass is 19.3. The molecule has 1 aromatic rings. The molecule has 1 aliphatic heterocycles. The van der Waals surface area contributed by atoms with Crippen LogP contribution in [0.3, 0.4) is 0 Å². The van der Waals surface area contributed by atoms with Gasteiger partial charge in [0.15, 0.2) is 5.69 Å². The molecule has 1 fully saturated rings. The number of amides is 1. The van der Waals surface area contributed by atoms with Gasteiger partial charge in [0.25, 0.3) is 11.8 Å². The maximum atomic E-state index is 14.0. The van der Waals surface area contributed by atoms with Gasteiger partial charge in [0.2, 0.25) is 0 Å². The lowest BCUT2D eigenvalue weighted by Gasteiger charge is -2.42. The van der Waals surface area contributed by atoms with E-state index in [2.05, 4.69) is 15.5 Å². The zero-order chi connectivity index (χ0) is 18.6. The Balaban J connectivity index is 2.38. The molecule has 0 saturated carbocycles. The molecule has 1 saturated heterocycles. The van der Waals surface area contributed by atoms with E-state index in [4.69, 9.17) is 5.41 Å². The Morgan fingerprint density at radius 3 is 2.96 bits per heavy atom. The van der Waals surface area contributed by atoms with E-state index in [1.54, 1.807) is 26.0 Å². The highest BCUT2D eigenvalue weighted by Gasteiger charge is 2.46. The molecule has 7 nitrogen and oxygen atoms in total. The van der Waals surface area contributed by atoms with Crippen molar-refractivity contribution in [1.82, 2.24) is 9.88 Å². The SMILES string of the molecule is Cc1ccc(N/N=C\C=N)c(C(=O)N2CC(F)(F)C[C@@H](C)[C@H]2CO)n1. The number of halogens is 2. The molecule has 0 aromatic carbocycles. The predicted octanol–water partition coefficient (Wildman–Crippen LogP) is 1.92. The highest BCUT2D eigenvalue weighted by Crippen LogP contribution is 2.35. The van der Waals surface area contributed by atoms with Crippen molar-refractivity contribution >= 4 is 24.0 Å². The number of aryl methyl sites for hydroxylation is 1. The van der Waals surface area contributed by atoms with Gasteiger partial charge in [0.05, 0.1) is 31.1 Å². The van der Waals surface area contributed by atoms with Gasteiger partial charge < -0.3 is 15.4 Å². The summed E-state index contributed by atoms with van der Waals surface area (Å²) in [5.41, 5.74) is 3.32. The Morgan fingerprint density at radius 2 is 2.32 bits per heavy atom. The van der Waals surface area contributed by atoms with Gasteiger partial charge in [0.1, 0.15) is 0 Å². The third-order valence-electron chi connectivity index (χ3n) is 4.10. The molecule has 0 bridgehead atoms. The third-order valence-corrected chi connectivity index (χ3v) is 4.10. The van der Waals surface area contributed by atoms with Crippen molar-refractivity contribution in [1.29, 1.82) is 5.41 Å². The van der Waals surface area contributed by atoms with Gasteiger partial charge in [-0.25, -0.2) is 13.8 Å². The molecule has 0 aliphatic carbocycles. The average Bonchev–Trinajstić information content (AvgIpc) is 2.54. The Hall–Kier alpha value is -2.42. The topological polar surface area (TPSA) is 102 Å². The fourth-order valence-electron chi connectivity index (χ4n) is 2.94. The van der Waals surface area contributed by atoms with Crippen LogP contribution in [0.2, 0.25) is 0 Å². The van der Waals surface area contributed by atoms with Gasteiger partial charge in [-0.2, -0.15) is 5.10 Å². The van der Waals surface area contributed by atoms with Crippen LogP contribution in [0.25, 0.3) is 0 Å². The maximum absolute atomic E-state index is 14.0. The standard InChI is InChI=1S/C16H21F2N5O2/c1-10-7-16(17,18)9-23(13(10)8-24)15(25)14-12(22-20-6-5-19)4-3-11(2)21-14/h3-6,10,13,19,22,24H,7-9H2,1-2H3/b19-5?,20-6-/t10-,13-/m1/s1. The summed E-state index contributed by atoms with van der Waals surface area (Å²) >= 11 is 0. The number of carbonyl (C=O) groups is 1. The van der Waals surface area contributed by atoms with E-state index in [1.807, 2.05) is 0 Å². The van der Waals surface area contributed by atoms with Crippen molar-refractivity contribution in [2.45, 2.75) is 32.2 Å². The zero-order valence-electron chi connectivity index (χ0n) is 14.0. The predicted molar refractivity (Wildman–Crippen MR) is 90.5 cm³/mol. The molecule has 3 N–H and O–H groups in total. The first-order chi connectivity index (χ1) is 11.8. The average molecular weight is 353 g/mol. The number of aliphatic hydroxyl groups is 1. The molecule has 1 aromatic heterocycles. The summed E-state index contributed by atoms with van der Waals surface area (Å²) in [5.74, 6) is -4.26. The number of rotatable bonds is 5. The number of likely N-dealkylation sites (tertiary alicyclic amines) is 1. The van der Waals surface area contributed by atoms with Crippen LogP contribution in [0.15, 0.2) is 17.2 Å². The molecule has 1 amide bonds. The molecule has 2 rings (SSSR count). The molecule has 2 atom stereocenters. The second-order valence-corrected chi connectivity index (χ2v) is 6.13. The zero-order valence-corrected chi connectivity index (χ0v) is 14.0. The Labute approximate surface area is 144 Å². The van der Waals surface area contributed by atoms with E-state index in [-0.39, 0.29) is 17.8 Å². The van der Waals surface area contributed by atoms with E-state index < -0.39 is 36.9 Å². The van der Waals surface area contributed by atoms with Crippen LogP contribution in [0.5, 0.6) is 0 Å². The van der Waals surface area contributed by atoms with E-state index in [9.17, 15) is 18.7 Å². The number of pyridine rings is 1. The Kier molecular flexibility index (Phi) is 5.78. The van der Waals surface area contributed by atoms with Gasteiger partial charge in [-0.15, -0.1) is 0 Å². The third kappa shape index (κ3) is 4.36. The first kappa shape index (κ1) is 18.9. The minimum absolute atomic E-state index is 0.0505. The van der Waals surface area contributed by atoms with E-state index in [0.29, 0.717) is 5.69 Å². The lowest BCUT2D eigenvalue weighted by atomic mass is 9.88. The quantitative estimate of drug-likeness (QED) is 0.556. The van der Waals surface area contributed by atoms with Gasteiger partial charge in [-0.1, -0.05) is 6.92 Å². The van der Waals surface area contributed by atoms with Crippen molar-refractivity contribution in [2.75, 3.05) is 18.6 Å². The van der Waals surface area contributed by atoms with Crippen molar-refractivity contribution in [3.8, 4) is 0 Å². The molecule has 1 aliphatic rings. The molecule has 0 spiro atoms.